The molecule has 0 spiro atoms. The molecular formula is C20H22BrN3O2S. The van der Waals surface area contributed by atoms with Crippen LogP contribution < -0.4 is 4.74 Å². The molecule has 1 heterocycles. The van der Waals surface area contributed by atoms with Crippen molar-refractivity contribution in [3.63, 3.8) is 0 Å². The maximum atomic E-state index is 5.56. The summed E-state index contributed by atoms with van der Waals surface area (Å²) in [6, 6.07) is 16.1. The minimum Gasteiger partial charge on any atom is -0.494 e. The van der Waals surface area contributed by atoms with Gasteiger partial charge in [0.15, 0.2) is 11.0 Å². The Kier molecular flexibility index (Phi) is 7.32. The molecule has 0 aliphatic heterocycles. The van der Waals surface area contributed by atoms with Gasteiger partial charge in [-0.05, 0) is 49.7 Å². The van der Waals surface area contributed by atoms with Crippen LogP contribution in [0.4, 0.5) is 0 Å². The van der Waals surface area contributed by atoms with E-state index in [-0.39, 0.29) is 0 Å². The lowest BCUT2D eigenvalue weighted by Gasteiger charge is -2.11. The van der Waals surface area contributed by atoms with E-state index in [2.05, 4.69) is 30.7 Å². The van der Waals surface area contributed by atoms with Gasteiger partial charge in [-0.2, -0.15) is 0 Å². The van der Waals surface area contributed by atoms with Crippen LogP contribution in [0, 0.1) is 0 Å². The number of rotatable bonds is 9. The van der Waals surface area contributed by atoms with Crippen molar-refractivity contribution in [2.24, 2.45) is 0 Å². The zero-order valence-corrected chi connectivity index (χ0v) is 17.8. The molecule has 27 heavy (non-hydrogen) atoms. The summed E-state index contributed by atoms with van der Waals surface area (Å²) in [4.78, 5) is 0. The topological polar surface area (TPSA) is 49.2 Å². The van der Waals surface area contributed by atoms with Crippen LogP contribution in [-0.4, -0.2) is 40.8 Å². The van der Waals surface area contributed by atoms with Gasteiger partial charge in [0, 0.05) is 35.2 Å². The fourth-order valence-corrected chi connectivity index (χ4v) is 3.74. The highest BCUT2D eigenvalue weighted by Crippen LogP contribution is 2.29. The van der Waals surface area contributed by atoms with Crippen molar-refractivity contribution in [1.29, 1.82) is 0 Å². The number of methoxy groups -OCH3 is 1. The summed E-state index contributed by atoms with van der Waals surface area (Å²) in [7, 11) is 1.72. The van der Waals surface area contributed by atoms with Crippen LogP contribution >= 0.6 is 27.7 Å². The average Bonchev–Trinajstić information content (AvgIpc) is 3.10. The molecule has 3 aromatic rings. The van der Waals surface area contributed by atoms with Gasteiger partial charge in [0.2, 0.25) is 0 Å². The maximum absolute atomic E-state index is 5.56. The molecule has 0 amide bonds. The Bertz CT molecular complexity index is 851. The van der Waals surface area contributed by atoms with Gasteiger partial charge in [-0.3, -0.25) is 4.57 Å². The van der Waals surface area contributed by atoms with Crippen molar-refractivity contribution in [3.05, 3.63) is 53.0 Å². The SMILES string of the molecule is CCOc1ccc(-n2c(SCCCOC)nnc2-c2ccc(Br)cc2)cc1. The fourth-order valence-electron chi connectivity index (χ4n) is 2.61. The number of thioether (sulfide) groups is 1. The number of halogens is 1. The van der Waals surface area contributed by atoms with Gasteiger partial charge in [0.25, 0.3) is 0 Å². The molecule has 5 nitrogen and oxygen atoms in total. The predicted octanol–water partition coefficient (Wildman–Crippen LogP) is 5.22. The summed E-state index contributed by atoms with van der Waals surface area (Å²) in [5.74, 6) is 2.60. The highest BCUT2D eigenvalue weighted by Gasteiger charge is 2.16. The van der Waals surface area contributed by atoms with Gasteiger partial charge < -0.3 is 9.47 Å². The molecule has 0 aliphatic rings. The number of hydrogen-bond acceptors (Lipinski definition) is 5. The Morgan fingerprint density at radius 1 is 1.04 bits per heavy atom. The van der Waals surface area contributed by atoms with E-state index in [0.29, 0.717) is 6.61 Å². The van der Waals surface area contributed by atoms with Crippen LogP contribution in [-0.2, 0) is 4.74 Å². The summed E-state index contributed by atoms with van der Waals surface area (Å²) < 4.78 is 13.8. The van der Waals surface area contributed by atoms with Crippen molar-refractivity contribution in [2.45, 2.75) is 18.5 Å². The quantitative estimate of drug-likeness (QED) is 0.332. The lowest BCUT2D eigenvalue weighted by molar-refractivity contribution is 0.200. The summed E-state index contributed by atoms with van der Waals surface area (Å²) in [5, 5.41) is 9.77. The zero-order valence-electron chi connectivity index (χ0n) is 15.4. The smallest absolute Gasteiger partial charge is 0.196 e. The first-order chi connectivity index (χ1) is 13.2. The Balaban J connectivity index is 1.96. The van der Waals surface area contributed by atoms with Gasteiger partial charge in [-0.25, -0.2) is 0 Å². The fraction of sp³-hybridized carbons (Fsp3) is 0.300. The van der Waals surface area contributed by atoms with E-state index >= 15 is 0 Å². The summed E-state index contributed by atoms with van der Waals surface area (Å²) in [5.41, 5.74) is 2.03. The van der Waals surface area contributed by atoms with Gasteiger partial charge in [-0.1, -0.05) is 39.8 Å². The van der Waals surface area contributed by atoms with Crippen molar-refractivity contribution in [3.8, 4) is 22.8 Å². The molecular weight excluding hydrogens is 426 g/mol. The monoisotopic (exact) mass is 447 g/mol. The maximum Gasteiger partial charge on any atom is 0.196 e. The van der Waals surface area contributed by atoms with Crippen LogP contribution in [0.15, 0.2) is 58.2 Å². The van der Waals surface area contributed by atoms with Crippen LogP contribution in [0.3, 0.4) is 0 Å². The van der Waals surface area contributed by atoms with Crippen molar-refractivity contribution >= 4 is 27.7 Å². The van der Waals surface area contributed by atoms with Gasteiger partial charge in [-0.15, -0.1) is 10.2 Å². The summed E-state index contributed by atoms with van der Waals surface area (Å²) in [6.07, 6.45) is 0.963. The first kappa shape index (κ1) is 19.9. The van der Waals surface area contributed by atoms with E-state index < -0.39 is 0 Å². The first-order valence-corrected chi connectivity index (χ1v) is 10.6. The van der Waals surface area contributed by atoms with Gasteiger partial charge in [0.1, 0.15) is 5.75 Å². The average molecular weight is 448 g/mol. The van der Waals surface area contributed by atoms with E-state index in [1.165, 1.54) is 0 Å². The Morgan fingerprint density at radius 2 is 1.78 bits per heavy atom. The van der Waals surface area contributed by atoms with Crippen LogP contribution in [0.2, 0.25) is 0 Å². The third kappa shape index (κ3) is 5.12. The van der Waals surface area contributed by atoms with E-state index in [1.54, 1.807) is 18.9 Å². The second kappa shape index (κ2) is 9.92. The highest BCUT2D eigenvalue weighted by atomic mass is 79.9. The van der Waals surface area contributed by atoms with Gasteiger partial charge >= 0.3 is 0 Å². The Morgan fingerprint density at radius 3 is 2.44 bits per heavy atom. The third-order valence-corrected chi connectivity index (χ3v) is 5.41. The molecule has 0 aliphatic carbocycles. The molecule has 142 valence electrons. The molecule has 3 rings (SSSR count). The van der Waals surface area contributed by atoms with E-state index in [4.69, 9.17) is 9.47 Å². The Hall–Kier alpha value is -1.83. The standard InChI is InChI=1S/C20H22BrN3O2S/c1-3-26-18-11-9-17(10-12-18)24-19(15-5-7-16(21)8-6-15)22-23-20(24)27-14-4-13-25-2/h5-12H,3-4,13-14H2,1-2H3. The minimum atomic E-state index is 0.650. The molecule has 2 aromatic carbocycles. The van der Waals surface area contributed by atoms with E-state index in [1.807, 2.05) is 55.5 Å². The van der Waals surface area contributed by atoms with Crippen LogP contribution in [0.5, 0.6) is 5.75 Å². The number of aromatic nitrogens is 3. The normalized spacial score (nSPS) is 10.9. The third-order valence-electron chi connectivity index (χ3n) is 3.87. The summed E-state index contributed by atoms with van der Waals surface area (Å²) in [6.45, 7) is 3.37. The molecule has 0 atom stereocenters. The number of hydrogen-bond donors (Lipinski definition) is 0. The molecule has 7 heteroatoms. The summed E-state index contributed by atoms with van der Waals surface area (Å²) >= 11 is 5.17. The number of ether oxygens (including phenoxy) is 2. The zero-order chi connectivity index (χ0) is 19.1. The number of benzene rings is 2. The molecule has 0 saturated heterocycles. The lowest BCUT2D eigenvalue weighted by atomic mass is 10.2. The van der Waals surface area contributed by atoms with E-state index in [9.17, 15) is 0 Å². The molecule has 0 saturated carbocycles. The van der Waals surface area contributed by atoms with E-state index in [0.717, 1.165) is 51.2 Å². The Labute approximate surface area is 172 Å². The van der Waals surface area contributed by atoms with Crippen molar-refractivity contribution in [1.82, 2.24) is 14.8 Å². The lowest BCUT2D eigenvalue weighted by Crippen LogP contribution is -2.01. The second-order valence-electron chi connectivity index (χ2n) is 5.77. The second-order valence-corrected chi connectivity index (χ2v) is 7.75. The predicted molar refractivity (Wildman–Crippen MR) is 113 cm³/mol. The molecule has 0 bridgehead atoms. The van der Waals surface area contributed by atoms with Crippen molar-refractivity contribution in [2.75, 3.05) is 26.1 Å². The van der Waals surface area contributed by atoms with Crippen LogP contribution in [0.25, 0.3) is 17.1 Å². The van der Waals surface area contributed by atoms with Gasteiger partial charge in [0.05, 0.1) is 6.61 Å². The molecule has 0 radical (unpaired) electrons. The largest absolute Gasteiger partial charge is 0.494 e. The van der Waals surface area contributed by atoms with Crippen LogP contribution in [0.1, 0.15) is 13.3 Å². The molecule has 0 unspecified atom stereocenters. The first-order valence-electron chi connectivity index (χ1n) is 8.79. The molecule has 0 fully saturated rings. The molecule has 0 N–H and O–H groups in total. The molecule has 1 aromatic heterocycles. The van der Waals surface area contributed by atoms with Crippen molar-refractivity contribution < 1.29 is 9.47 Å². The minimum absolute atomic E-state index is 0.650. The highest BCUT2D eigenvalue weighted by molar-refractivity contribution is 9.10. The number of nitrogens with zero attached hydrogens (tertiary/aromatic N) is 3.